The van der Waals surface area contributed by atoms with Gasteiger partial charge in [-0.15, -0.1) is 0 Å². The van der Waals surface area contributed by atoms with Crippen LogP contribution in [0.15, 0.2) is 24.3 Å². The van der Waals surface area contributed by atoms with Gasteiger partial charge in [-0.05, 0) is 24.6 Å². The van der Waals surface area contributed by atoms with Crippen LogP contribution in [0.25, 0.3) is 6.08 Å². The van der Waals surface area contributed by atoms with Gasteiger partial charge in [-0.1, -0.05) is 6.08 Å². The molecule has 3 rings (SSSR count). The molecule has 2 amide bonds. The van der Waals surface area contributed by atoms with Crippen LogP contribution in [-0.4, -0.2) is 36.3 Å². The lowest BCUT2D eigenvalue weighted by molar-refractivity contribution is -0.120. The highest BCUT2D eigenvalue weighted by Gasteiger charge is 2.34. The van der Waals surface area contributed by atoms with Crippen molar-refractivity contribution < 1.29 is 19.4 Å². The molecule has 2 aliphatic rings. The van der Waals surface area contributed by atoms with Crippen LogP contribution in [0.1, 0.15) is 12.0 Å². The average molecular weight is 274 g/mol. The first-order valence-corrected chi connectivity index (χ1v) is 6.40. The molecule has 1 atom stereocenters. The fraction of sp³-hybridized carbons (Fsp3) is 0.286. The molecule has 2 N–H and O–H groups in total. The quantitative estimate of drug-likeness (QED) is 0.856. The van der Waals surface area contributed by atoms with Gasteiger partial charge in [0.2, 0.25) is 5.91 Å². The van der Waals surface area contributed by atoms with Crippen molar-refractivity contribution in [1.29, 1.82) is 0 Å². The minimum absolute atomic E-state index is 0.258. The molecule has 6 nitrogen and oxygen atoms in total. The highest BCUT2D eigenvalue weighted by atomic mass is 16.5. The normalized spacial score (nSPS) is 20.0. The van der Waals surface area contributed by atoms with Crippen LogP contribution in [0, 0.1) is 0 Å². The molecular weight excluding hydrogens is 260 g/mol. The highest BCUT2D eigenvalue weighted by molar-refractivity contribution is 5.98. The first-order chi connectivity index (χ1) is 9.66. The summed E-state index contributed by atoms with van der Waals surface area (Å²) in [5.41, 5.74) is 1.36. The molecule has 1 unspecified atom stereocenters. The van der Waals surface area contributed by atoms with E-state index in [0.717, 1.165) is 10.5 Å². The van der Waals surface area contributed by atoms with Crippen LogP contribution in [0.4, 0.5) is 10.5 Å². The maximum Gasteiger partial charge on any atom is 0.412 e. The number of anilines is 1. The van der Waals surface area contributed by atoms with Crippen molar-refractivity contribution in [2.75, 3.05) is 18.1 Å². The van der Waals surface area contributed by atoms with Crippen molar-refractivity contribution in [3.8, 4) is 5.75 Å². The Morgan fingerprint density at radius 2 is 2.30 bits per heavy atom. The predicted molar refractivity (Wildman–Crippen MR) is 72.9 cm³/mol. The molecule has 1 fully saturated rings. The van der Waals surface area contributed by atoms with E-state index in [1.165, 1.54) is 0 Å². The molecule has 0 aromatic heterocycles. The molecule has 0 aliphatic carbocycles. The molecule has 0 spiro atoms. The van der Waals surface area contributed by atoms with E-state index in [9.17, 15) is 14.7 Å². The number of carboxylic acid groups (broad SMARTS) is 1. The Hall–Kier alpha value is -2.50. The number of nitrogens with one attached hydrogen (secondary N) is 1. The second-order valence-corrected chi connectivity index (χ2v) is 4.68. The van der Waals surface area contributed by atoms with Crippen molar-refractivity contribution >= 4 is 23.8 Å². The number of fused-ring (bicyclic) bond motifs is 1. The Morgan fingerprint density at radius 1 is 1.45 bits per heavy atom. The highest BCUT2D eigenvalue weighted by Crippen LogP contribution is 2.31. The van der Waals surface area contributed by atoms with E-state index in [1.54, 1.807) is 18.2 Å². The lowest BCUT2D eigenvalue weighted by Crippen LogP contribution is -2.44. The number of nitrogens with zero attached hydrogens (tertiary/aromatic N) is 1. The Morgan fingerprint density at radius 3 is 3.00 bits per heavy atom. The number of amides is 2. The molecule has 104 valence electrons. The number of carbonyl (C=O) groups is 2. The minimum atomic E-state index is -1.14. The summed E-state index contributed by atoms with van der Waals surface area (Å²) < 4.78 is 5.48. The topological polar surface area (TPSA) is 78.9 Å². The molecule has 2 aliphatic heterocycles. The third-order valence-electron chi connectivity index (χ3n) is 3.45. The van der Waals surface area contributed by atoms with Gasteiger partial charge in [-0.2, -0.15) is 0 Å². The standard InChI is InChI=1S/C14H14N2O4/c17-13-11(5-6-15-13)16(14(18)19)10-4-3-9-2-1-7-20-12(9)8-10/h1-4,8,11H,5-7H2,(H,15,17)(H,18,19). The SMILES string of the molecule is O=C1NCCC1N(C(=O)O)c1ccc2c(c1)OCC=C2. The zero-order chi connectivity index (χ0) is 14.1. The van der Waals surface area contributed by atoms with E-state index in [4.69, 9.17) is 4.74 Å². The van der Waals surface area contributed by atoms with Gasteiger partial charge in [0.1, 0.15) is 18.4 Å². The minimum Gasteiger partial charge on any atom is -0.489 e. The first-order valence-electron chi connectivity index (χ1n) is 6.40. The Bertz CT molecular complexity index is 597. The van der Waals surface area contributed by atoms with E-state index >= 15 is 0 Å². The molecule has 6 heteroatoms. The number of ether oxygens (including phenoxy) is 1. The summed E-state index contributed by atoms with van der Waals surface area (Å²) >= 11 is 0. The van der Waals surface area contributed by atoms with Crippen LogP contribution in [0.3, 0.4) is 0 Å². The van der Waals surface area contributed by atoms with Crippen LogP contribution in [-0.2, 0) is 4.79 Å². The van der Waals surface area contributed by atoms with Crippen molar-refractivity contribution in [2.45, 2.75) is 12.5 Å². The van der Waals surface area contributed by atoms with Gasteiger partial charge >= 0.3 is 6.09 Å². The van der Waals surface area contributed by atoms with Crippen LogP contribution >= 0.6 is 0 Å². The molecule has 1 aromatic carbocycles. The monoisotopic (exact) mass is 274 g/mol. The number of rotatable bonds is 2. The summed E-state index contributed by atoms with van der Waals surface area (Å²) in [6.45, 7) is 0.963. The second-order valence-electron chi connectivity index (χ2n) is 4.68. The molecular formula is C14H14N2O4. The lowest BCUT2D eigenvalue weighted by Gasteiger charge is -2.25. The smallest absolute Gasteiger partial charge is 0.412 e. The summed E-state index contributed by atoms with van der Waals surface area (Å²) in [4.78, 5) is 24.3. The summed E-state index contributed by atoms with van der Waals surface area (Å²) in [6.07, 6.45) is 3.15. The lowest BCUT2D eigenvalue weighted by atomic mass is 10.1. The first kappa shape index (κ1) is 12.5. The van der Waals surface area contributed by atoms with Gasteiger partial charge in [0.25, 0.3) is 0 Å². The number of carbonyl (C=O) groups excluding carboxylic acids is 1. The molecule has 20 heavy (non-hydrogen) atoms. The summed E-state index contributed by atoms with van der Waals surface area (Å²) in [5, 5.41) is 12.1. The van der Waals surface area contributed by atoms with Gasteiger partial charge < -0.3 is 15.2 Å². The van der Waals surface area contributed by atoms with Crippen LogP contribution in [0.2, 0.25) is 0 Å². The van der Waals surface area contributed by atoms with Crippen molar-refractivity contribution in [3.05, 3.63) is 29.8 Å². The van der Waals surface area contributed by atoms with E-state index < -0.39 is 12.1 Å². The number of benzene rings is 1. The fourth-order valence-electron chi connectivity index (χ4n) is 2.50. The van der Waals surface area contributed by atoms with Crippen molar-refractivity contribution in [1.82, 2.24) is 5.32 Å². The predicted octanol–water partition coefficient (Wildman–Crippen LogP) is 1.47. The second kappa shape index (κ2) is 4.88. The Labute approximate surface area is 115 Å². The summed E-state index contributed by atoms with van der Waals surface area (Å²) in [6, 6.07) is 4.48. The summed E-state index contributed by atoms with van der Waals surface area (Å²) in [7, 11) is 0. The van der Waals surface area contributed by atoms with E-state index in [-0.39, 0.29) is 5.91 Å². The number of hydrogen-bond acceptors (Lipinski definition) is 3. The molecule has 1 saturated heterocycles. The Kier molecular flexibility index (Phi) is 3.06. The van der Waals surface area contributed by atoms with Crippen molar-refractivity contribution in [2.24, 2.45) is 0 Å². The third-order valence-corrected chi connectivity index (χ3v) is 3.45. The molecule has 1 aromatic rings. The van der Waals surface area contributed by atoms with E-state index in [1.807, 2.05) is 12.2 Å². The Balaban J connectivity index is 1.97. The van der Waals surface area contributed by atoms with Gasteiger partial charge in [0, 0.05) is 18.2 Å². The van der Waals surface area contributed by atoms with E-state index in [0.29, 0.717) is 31.0 Å². The van der Waals surface area contributed by atoms with Crippen LogP contribution < -0.4 is 15.0 Å². The molecule has 0 bridgehead atoms. The van der Waals surface area contributed by atoms with Crippen LogP contribution in [0.5, 0.6) is 5.75 Å². The average Bonchev–Trinajstić information content (AvgIpc) is 2.85. The zero-order valence-electron chi connectivity index (χ0n) is 10.7. The maximum absolute atomic E-state index is 11.7. The van der Waals surface area contributed by atoms with Gasteiger partial charge in [-0.3, -0.25) is 9.69 Å². The number of hydrogen-bond donors (Lipinski definition) is 2. The zero-order valence-corrected chi connectivity index (χ0v) is 10.7. The van der Waals surface area contributed by atoms with Crippen molar-refractivity contribution in [3.63, 3.8) is 0 Å². The van der Waals surface area contributed by atoms with Gasteiger partial charge in [-0.25, -0.2) is 4.79 Å². The molecule has 0 saturated carbocycles. The molecule has 0 radical (unpaired) electrons. The van der Waals surface area contributed by atoms with Gasteiger partial charge in [0.05, 0.1) is 5.69 Å². The van der Waals surface area contributed by atoms with E-state index in [2.05, 4.69) is 5.32 Å². The largest absolute Gasteiger partial charge is 0.489 e. The fourth-order valence-corrected chi connectivity index (χ4v) is 2.50. The maximum atomic E-state index is 11.7. The molecule has 2 heterocycles. The third kappa shape index (κ3) is 2.09. The summed E-state index contributed by atoms with van der Waals surface area (Å²) in [5.74, 6) is 0.376. The van der Waals surface area contributed by atoms with Gasteiger partial charge in [0.15, 0.2) is 0 Å².